The van der Waals surface area contributed by atoms with Crippen LogP contribution in [0.25, 0.3) is 0 Å². The van der Waals surface area contributed by atoms with E-state index in [4.69, 9.17) is 0 Å². The summed E-state index contributed by atoms with van der Waals surface area (Å²) >= 11 is 5.10. The molecule has 0 amide bonds. The zero-order chi connectivity index (χ0) is 9.97. The molecular weight excluding hydrogens is 264 g/mol. The third-order valence-electron chi connectivity index (χ3n) is 1.87. The first-order valence-electron chi connectivity index (χ1n) is 3.98. The fraction of sp³-hybridized carbons (Fsp3) is 0.111. The number of hydrogen-bond acceptors (Lipinski definition) is 3. The fourth-order valence-electron chi connectivity index (χ4n) is 1.15. The van der Waals surface area contributed by atoms with Crippen molar-refractivity contribution in [3.8, 4) is 0 Å². The SMILES string of the molecule is O=Cc1cncn1Cc1sccc1Br. The Morgan fingerprint density at radius 2 is 2.50 bits per heavy atom. The first-order chi connectivity index (χ1) is 6.81. The summed E-state index contributed by atoms with van der Waals surface area (Å²) in [5.74, 6) is 0. The van der Waals surface area contributed by atoms with Gasteiger partial charge in [-0.2, -0.15) is 0 Å². The number of halogens is 1. The Morgan fingerprint density at radius 3 is 3.14 bits per heavy atom. The summed E-state index contributed by atoms with van der Waals surface area (Å²) in [5, 5.41) is 2.01. The standard InChI is InChI=1S/C9H7BrN2OS/c10-8-1-2-14-9(8)4-12-6-11-3-7(12)5-13/h1-3,5-6H,4H2. The van der Waals surface area contributed by atoms with Crippen LogP contribution in [0.4, 0.5) is 0 Å². The van der Waals surface area contributed by atoms with Gasteiger partial charge in [-0.25, -0.2) is 4.98 Å². The van der Waals surface area contributed by atoms with Crippen LogP contribution in [0.1, 0.15) is 15.4 Å². The molecule has 0 bridgehead atoms. The molecular formula is C9H7BrN2OS. The van der Waals surface area contributed by atoms with Crippen molar-refractivity contribution in [2.24, 2.45) is 0 Å². The molecule has 0 aromatic carbocycles. The van der Waals surface area contributed by atoms with E-state index in [0.29, 0.717) is 12.2 Å². The molecule has 72 valence electrons. The molecule has 3 nitrogen and oxygen atoms in total. The van der Waals surface area contributed by atoms with E-state index in [1.165, 1.54) is 4.88 Å². The molecule has 2 heterocycles. The first-order valence-corrected chi connectivity index (χ1v) is 5.65. The number of rotatable bonds is 3. The number of thiophene rings is 1. The number of carbonyl (C=O) groups is 1. The summed E-state index contributed by atoms with van der Waals surface area (Å²) in [7, 11) is 0. The Balaban J connectivity index is 2.27. The minimum absolute atomic E-state index is 0.602. The third-order valence-corrected chi connectivity index (χ3v) is 3.78. The van der Waals surface area contributed by atoms with Crippen molar-refractivity contribution < 1.29 is 4.79 Å². The Bertz CT molecular complexity index is 449. The molecule has 0 spiro atoms. The van der Waals surface area contributed by atoms with Gasteiger partial charge in [0.1, 0.15) is 5.69 Å². The minimum atomic E-state index is 0.602. The van der Waals surface area contributed by atoms with Crippen LogP contribution in [-0.4, -0.2) is 15.8 Å². The van der Waals surface area contributed by atoms with Gasteiger partial charge in [-0.05, 0) is 27.4 Å². The molecule has 5 heteroatoms. The van der Waals surface area contributed by atoms with Crippen molar-refractivity contribution >= 4 is 33.6 Å². The maximum Gasteiger partial charge on any atom is 0.168 e. The van der Waals surface area contributed by atoms with Crippen LogP contribution >= 0.6 is 27.3 Å². The minimum Gasteiger partial charge on any atom is -0.323 e. The molecule has 2 rings (SSSR count). The molecule has 0 fully saturated rings. The monoisotopic (exact) mass is 270 g/mol. The maximum absolute atomic E-state index is 10.6. The van der Waals surface area contributed by atoms with Crippen LogP contribution in [-0.2, 0) is 6.54 Å². The largest absolute Gasteiger partial charge is 0.323 e. The Labute approximate surface area is 93.5 Å². The topological polar surface area (TPSA) is 34.9 Å². The summed E-state index contributed by atoms with van der Waals surface area (Å²) in [6.45, 7) is 0.687. The van der Waals surface area contributed by atoms with Gasteiger partial charge in [-0.3, -0.25) is 4.79 Å². The summed E-state index contributed by atoms with van der Waals surface area (Å²) in [6, 6.07) is 2.00. The Hall–Kier alpha value is -0.940. The number of aromatic nitrogens is 2. The molecule has 0 radical (unpaired) electrons. The van der Waals surface area contributed by atoms with Gasteiger partial charge in [-0.15, -0.1) is 11.3 Å². The predicted octanol–water partition coefficient (Wildman–Crippen LogP) is 2.57. The van der Waals surface area contributed by atoms with Crippen molar-refractivity contribution in [2.45, 2.75) is 6.54 Å². The van der Waals surface area contributed by atoms with Crippen LogP contribution in [0, 0.1) is 0 Å². The van der Waals surface area contributed by atoms with E-state index in [0.717, 1.165) is 10.8 Å². The van der Waals surface area contributed by atoms with Gasteiger partial charge in [0.2, 0.25) is 0 Å². The average molecular weight is 271 g/mol. The van der Waals surface area contributed by atoms with Crippen LogP contribution < -0.4 is 0 Å². The van der Waals surface area contributed by atoms with Crippen LogP contribution in [0.2, 0.25) is 0 Å². The highest BCUT2D eigenvalue weighted by atomic mass is 79.9. The molecule has 14 heavy (non-hydrogen) atoms. The lowest BCUT2D eigenvalue weighted by atomic mass is 10.4. The van der Waals surface area contributed by atoms with Gasteiger partial charge in [0.15, 0.2) is 6.29 Å². The zero-order valence-electron chi connectivity index (χ0n) is 7.18. The van der Waals surface area contributed by atoms with Gasteiger partial charge in [0, 0.05) is 9.35 Å². The van der Waals surface area contributed by atoms with Crippen LogP contribution in [0.15, 0.2) is 28.4 Å². The van der Waals surface area contributed by atoms with Gasteiger partial charge >= 0.3 is 0 Å². The Kier molecular flexibility index (Phi) is 2.79. The first kappa shape index (κ1) is 9.61. The molecule has 2 aromatic rings. The molecule has 0 unspecified atom stereocenters. The van der Waals surface area contributed by atoms with Crippen molar-refractivity contribution in [2.75, 3.05) is 0 Å². The third kappa shape index (κ3) is 1.78. The lowest BCUT2D eigenvalue weighted by Gasteiger charge is -2.01. The lowest BCUT2D eigenvalue weighted by Crippen LogP contribution is -2.00. The second-order valence-electron chi connectivity index (χ2n) is 2.76. The predicted molar refractivity (Wildman–Crippen MR) is 58.7 cm³/mol. The smallest absolute Gasteiger partial charge is 0.168 e. The van der Waals surface area contributed by atoms with Crippen molar-refractivity contribution in [3.63, 3.8) is 0 Å². The van der Waals surface area contributed by atoms with Gasteiger partial charge in [0.05, 0.1) is 19.1 Å². The second-order valence-corrected chi connectivity index (χ2v) is 4.61. The summed E-state index contributed by atoms with van der Waals surface area (Å²) < 4.78 is 2.90. The van der Waals surface area contributed by atoms with Crippen molar-refractivity contribution in [1.82, 2.24) is 9.55 Å². The second kappa shape index (κ2) is 4.06. The van der Waals surface area contributed by atoms with Crippen molar-refractivity contribution in [3.05, 3.63) is 39.0 Å². The average Bonchev–Trinajstić information content (AvgIpc) is 2.77. The van der Waals surface area contributed by atoms with Crippen molar-refractivity contribution in [1.29, 1.82) is 0 Å². The summed E-state index contributed by atoms with van der Waals surface area (Å²) in [4.78, 5) is 15.7. The van der Waals surface area contributed by atoms with E-state index in [1.807, 2.05) is 16.0 Å². The van der Waals surface area contributed by atoms with Gasteiger partial charge in [0.25, 0.3) is 0 Å². The van der Waals surface area contributed by atoms with E-state index in [-0.39, 0.29) is 0 Å². The molecule has 2 aromatic heterocycles. The lowest BCUT2D eigenvalue weighted by molar-refractivity contribution is 0.111. The molecule has 0 aliphatic heterocycles. The fourth-order valence-corrected chi connectivity index (χ4v) is 2.63. The van der Waals surface area contributed by atoms with Gasteiger partial charge < -0.3 is 4.57 Å². The maximum atomic E-state index is 10.6. The quantitative estimate of drug-likeness (QED) is 0.804. The highest BCUT2D eigenvalue weighted by Crippen LogP contribution is 2.23. The molecule has 0 saturated carbocycles. The Morgan fingerprint density at radius 1 is 1.64 bits per heavy atom. The molecule has 0 aliphatic carbocycles. The normalized spacial score (nSPS) is 10.4. The molecule has 0 N–H and O–H groups in total. The number of carbonyl (C=O) groups excluding carboxylic acids is 1. The zero-order valence-corrected chi connectivity index (χ0v) is 9.59. The van der Waals surface area contributed by atoms with E-state index < -0.39 is 0 Å². The molecule has 0 saturated heterocycles. The van der Waals surface area contributed by atoms with Gasteiger partial charge in [-0.1, -0.05) is 0 Å². The number of imidazole rings is 1. The van der Waals surface area contributed by atoms with E-state index in [2.05, 4.69) is 20.9 Å². The van der Waals surface area contributed by atoms with Crippen LogP contribution in [0.3, 0.4) is 0 Å². The molecule has 0 atom stereocenters. The van der Waals surface area contributed by atoms with E-state index >= 15 is 0 Å². The highest BCUT2D eigenvalue weighted by molar-refractivity contribution is 9.10. The number of aldehydes is 1. The van der Waals surface area contributed by atoms with E-state index in [9.17, 15) is 4.79 Å². The number of nitrogens with zero attached hydrogens (tertiary/aromatic N) is 2. The van der Waals surface area contributed by atoms with Crippen LogP contribution in [0.5, 0.6) is 0 Å². The molecule has 0 aliphatic rings. The summed E-state index contributed by atoms with van der Waals surface area (Å²) in [5.41, 5.74) is 0.602. The summed E-state index contributed by atoms with van der Waals surface area (Å²) in [6.07, 6.45) is 4.04. The number of hydrogen-bond donors (Lipinski definition) is 0. The highest BCUT2D eigenvalue weighted by Gasteiger charge is 2.05. The van der Waals surface area contributed by atoms with E-state index in [1.54, 1.807) is 23.9 Å².